The summed E-state index contributed by atoms with van der Waals surface area (Å²) in [6, 6.07) is 0. The number of aromatic nitrogens is 2. The first-order valence-corrected chi connectivity index (χ1v) is 5.96. The molecule has 0 fully saturated rings. The zero-order chi connectivity index (χ0) is 13.7. The summed E-state index contributed by atoms with van der Waals surface area (Å²) >= 11 is 5.02. The van der Waals surface area contributed by atoms with E-state index in [0.29, 0.717) is 24.5 Å². The molecule has 1 aromatic heterocycles. The van der Waals surface area contributed by atoms with Crippen LogP contribution in [0.15, 0.2) is 0 Å². The van der Waals surface area contributed by atoms with Gasteiger partial charge in [-0.3, -0.25) is 4.79 Å². The van der Waals surface area contributed by atoms with Gasteiger partial charge in [0.15, 0.2) is 5.82 Å². The number of nitrogens with one attached hydrogen (secondary N) is 2. The topological polar surface area (TPSA) is 92.9 Å². The van der Waals surface area contributed by atoms with Crippen LogP contribution in [0.2, 0.25) is 0 Å². The number of anilines is 1. The molecule has 0 saturated heterocycles. The lowest BCUT2D eigenvalue weighted by molar-refractivity contribution is -0.118. The molecule has 0 radical (unpaired) electrons. The van der Waals surface area contributed by atoms with E-state index in [1.54, 1.807) is 0 Å². The minimum Gasteiger partial charge on any atom is -0.389 e. The predicted octanol–water partition coefficient (Wildman–Crippen LogP) is 0.276. The van der Waals surface area contributed by atoms with Gasteiger partial charge in [-0.15, -0.1) is 5.10 Å². The first kappa shape index (κ1) is 14.3. The molecule has 0 bridgehead atoms. The maximum atomic E-state index is 10.7. The summed E-state index contributed by atoms with van der Waals surface area (Å²) in [5, 5.41) is 13.8. The maximum absolute atomic E-state index is 10.7. The van der Waals surface area contributed by atoms with Crippen molar-refractivity contribution in [1.82, 2.24) is 15.5 Å². The van der Waals surface area contributed by atoms with Crippen LogP contribution in [-0.2, 0) is 4.79 Å². The van der Waals surface area contributed by atoms with Gasteiger partial charge in [0.2, 0.25) is 5.91 Å². The van der Waals surface area contributed by atoms with Crippen molar-refractivity contribution in [1.29, 1.82) is 0 Å². The molecule has 6 nitrogen and oxygen atoms in total. The molecule has 0 unspecified atom stereocenters. The van der Waals surface area contributed by atoms with Crippen LogP contribution in [0.25, 0.3) is 0 Å². The number of aryl methyl sites for hydroxylation is 1. The van der Waals surface area contributed by atoms with Crippen molar-refractivity contribution in [2.45, 2.75) is 20.8 Å². The third kappa shape index (κ3) is 3.63. The fourth-order valence-corrected chi connectivity index (χ4v) is 1.70. The van der Waals surface area contributed by atoms with Crippen LogP contribution in [0.3, 0.4) is 0 Å². The number of hydrogen-bond acceptors (Lipinski definition) is 5. The molecule has 4 N–H and O–H groups in total. The number of carbonyl (C=O) groups is 1. The van der Waals surface area contributed by atoms with Crippen LogP contribution >= 0.6 is 12.2 Å². The summed E-state index contributed by atoms with van der Waals surface area (Å²) in [5.74, 6) is 0.480. The predicted molar refractivity (Wildman–Crippen MR) is 74.6 cm³/mol. The fraction of sp³-hybridized carbons (Fsp3) is 0.455. The van der Waals surface area contributed by atoms with Gasteiger partial charge in [-0.2, -0.15) is 5.10 Å². The Bertz CT molecular complexity index is 475. The average molecular weight is 267 g/mol. The molecule has 1 aromatic rings. The van der Waals surface area contributed by atoms with Gasteiger partial charge in [0.25, 0.3) is 0 Å². The Kier molecular flexibility index (Phi) is 4.96. The third-order valence-electron chi connectivity index (χ3n) is 2.49. The molecule has 1 rings (SSSR count). The molecule has 1 amide bonds. The summed E-state index contributed by atoms with van der Waals surface area (Å²) in [7, 11) is 0. The van der Waals surface area contributed by atoms with Gasteiger partial charge in [0.05, 0.1) is 11.3 Å². The van der Waals surface area contributed by atoms with E-state index in [0.717, 1.165) is 11.3 Å². The quantitative estimate of drug-likeness (QED) is 0.524. The van der Waals surface area contributed by atoms with Crippen molar-refractivity contribution in [2.75, 3.05) is 18.4 Å². The number of nitrogens with zero attached hydrogens (tertiary/aromatic N) is 2. The van der Waals surface area contributed by atoms with Crippen molar-refractivity contribution in [3.8, 4) is 0 Å². The second-order valence-corrected chi connectivity index (χ2v) is 4.35. The summed E-state index contributed by atoms with van der Waals surface area (Å²) in [6.45, 7) is 6.26. The van der Waals surface area contributed by atoms with Crippen LogP contribution < -0.4 is 16.4 Å². The summed E-state index contributed by atoms with van der Waals surface area (Å²) in [5.41, 5.74) is 8.11. The van der Waals surface area contributed by atoms with Gasteiger partial charge in [-0.05, 0) is 19.4 Å². The third-order valence-corrected chi connectivity index (χ3v) is 2.70. The minimum atomic E-state index is -0.0717. The summed E-state index contributed by atoms with van der Waals surface area (Å²) < 4.78 is 0. The van der Waals surface area contributed by atoms with E-state index in [1.807, 2.05) is 13.8 Å². The maximum Gasteiger partial charge on any atom is 0.216 e. The van der Waals surface area contributed by atoms with Crippen molar-refractivity contribution >= 4 is 28.9 Å². The van der Waals surface area contributed by atoms with Crippen LogP contribution in [0.1, 0.15) is 23.7 Å². The van der Waals surface area contributed by atoms with Gasteiger partial charge in [0, 0.05) is 20.0 Å². The highest BCUT2D eigenvalue weighted by atomic mass is 32.1. The molecule has 98 valence electrons. The van der Waals surface area contributed by atoms with E-state index in [2.05, 4.69) is 20.8 Å². The van der Waals surface area contributed by atoms with Crippen LogP contribution in [-0.4, -0.2) is 34.2 Å². The largest absolute Gasteiger partial charge is 0.389 e. The number of rotatable bonds is 5. The highest BCUT2D eigenvalue weighted by molar-refractivity contribution is 7.80. The normalized spacial score (nSPS) is 9.94. The van der Waals surface area contributed by atoms with E-state index in [9.17, 15) is 4.79 Å². The zero-order valence-electron chi connectivity index (χ0n) is 10.7. The van der Waals surface area contributed by atoms with E-state index in [1.165, 1.54) is 6.92 Å². The van der Waals surface area contributed by atoms with E-state index < -0.39 is 0 Å². The second-order valence-electron chi connectivity index (χ2n) is 3.91. The van der Waals surface area contributed by atoms with Gasteiger partial charge in [-0.1, -0.05) is 12.2 Å². The Labute approximate surface area is 111 Å². The van der Waals surface area contributed by atoms with Gasteiger partial charge >= 0.3 is 0 Å². The Morgan fingerprint density at radius 1 is 1.33 bits per heavy atom. The van der Waals surface area contributed by atoms with Gasteiger partial charge in [0.1, 0.15) is 4.99 Å². The molecule has 1 heterocycles. The number of nitrogens with two attached hydrogens (primary N) is 1. The zero-order valence-corrected chi connectivity index (χ0v) is 11.5. The molecule has 0 aliphatic rings. The van der Waals surface area contributed by atoms with Gasteiger partial charge in [-0.25, -0.2) is 0 Å². The van der Waals surface area contributed by atoms with Crippen LogP contribution in [0, 0.1) is 13.8 Å². The second kappa shape index (κ2) is 6.25. The molecular formula is C11H17N5OS. The molecule has 0 spiro atoms. The van der Waals surface area contributed by atoms with Crippen molar-refractivity contribution in [2.24, 2.45) is 5.73 Å². The lowest BCUT2D eigenvalue weighted by atomic mass is 10.1. The minimum absolute atomic E-state index is 0.0717. The van der Waals surface area contributed by atoms with E-state index in [-0.39, 0.29) is 10.9 Å². The smallest absolute Gasteiger partial charge is 0.216 e. The van der Waals surface area contributed by atoms with Crippen molar-refractivity contribution < 1.29 is 4.79 Å². The molecule has 18 heavy (non-hydrogen) atoms. The lowest BCUT2D eigenvalue weighted by Crippen LogP contribution is -2.27. The SMILES string of the molecule is CC(=O)NCCNc1nnc(C)c(C)c1C(N)=S. The van der Waals surface area contributed by atoms with Gasteiger partial charge < -0.3 is 16.4 Å². The monoisotopic (exact) mass is 267 g/mol. The summed E-state index contributed by atoms with van der Waals surface area (Å²) in [6.07, 6.45) is 0. The van der Waals surface area contributed by atoms with E-state index in [4.69, 9.17) is 18.0 Å². The molecule has 0 aromatic carbocycles. The Morgan fingerprint density at radius 3 is 2.56 bits per heavy atom. The highest BCUT2D eigenvalue weighted by Gasteiger charge is 2.12. The van der Waals surface area contributed by atoms with Crippen LogP contribution in [0.4, 0.5) is 5.82 Å². The molecular weight excluding hydrogens is 250 g/mol. The first-order chi connectivity index (χ1) is 8.43. The molecule has 0 aliphatic carbocycles. The average Bonchev–Trinajstić information content (AvgIpc) is 2.28. The van der Waals surface area contributed by atoms with Crippen molar-refractivity contribution in [3.05, 3.63) is 16.8 Å². The lowest BCUT2D eigenvalue weighted by Gasteiger charge is -2.13. The Hall–Kier alpha value is -1.76. The van der Waals surface area contributed by atoms with Crippen LogP contribution in [0.5, 0.6) is 0 Å². The first-order valence-electron chi connectivity index (χ1n) is 5.55. The molecule has 0 saturated carbocycles. The van der Waals surface area contributed by atoms with Crippen molar-refractivity contribution in [3.63, 3.8) is 0 Å². The Balaban J connectivity index is 2.79. The highest BCUT2D eigenvalue weighted by Crippen LogP contribution is 2.17. The molecule has 0 atom stereocenters. The molecule has 0 aliphatic heterocycles. The number of amides is 1. The van der Waals surface area contributed by atoms with E-state index >= 15 is 0 Å². The fourth-order valence-electron chi connectivity index (χ4n) is 1.45. The Morgan fingerprint density at radius 2 is 2.00 bits per heavy atom. The number of hydrogen-bond donors (Lipinski definition) is 3. The molecule has 7 heteroatoms. The summed E-state index contributed by atoms with van der Waals surface area (Å²) in [4.78, 5) is 11.0. The standard InChI is InChI=1S/C11H17N5OS/c1-6-7(2)15-16-11(9(6)10(12)18)14-5-4-13-8(3)17/h4-5H2,1-3H3,(H2,12,18)(H,13,17)(H,14,16). The number of thiocarbonyl (C=S) groups is 1. The number of carbonyl (C=O) groups excluding carboxylic acids is 1.